The Morgan fingerprint density at radius 2 is 2.22 bits per heavy atom. The van der Waals surface area contributed by atoms with Crippen LogP contribution in [0, 0.1) is 6.92 Å². The highest BCUT2D eigenvalue weighted by Crippen LogP contribution is 2.55. The molecule has 0 aliphatic carbocycles. The normalized spacial score (nSPS) is 25.3. The number of hydrogen-bond acceptors (Lipinski definition) is 9. The second-order valence-electron chi connectivity index (χ2n) is 5.71. The number of ether oxygens (including phenoxy) is 2. The highest BCUT2D eigenvalue weighted by Gasteiger charge is 2.52. The highest BCUT2D eigenvalue weighted by molar-refractivity contribution is 7.76. The van der Waals surface area contributed by atoms with Gasteiger partial charge in [-0.1, -0.05) is 5.11 Å². The molecular weight excluding hydrogens is 385 g/mol. The summed E-state index contributed by atoms with van der Waals surface area (Å²) in [4.78, 5) is 40.1. The number of aromatic amines is 1. The molecule has 0 aromatic carbocycles. The summed E-state index contributed by atoms with van der Waals surface area (Å²) < 4.78 is 28.4. The van der Waals surface area contributed by atoms with E-state index in [1.807, 2.05) is 0 Å². The van der Waals surface area contributed by atoms with Gasteiger partial charge in [0.15, 0.2) is 5.85 Å². The number of aliphatic hydroxyl groups excluding tert-OH is 1. The lowest BCUT2D eigenvalue weighted by atomic mass is 10.1. The van der Waals surface area contributed by atoms with Crippen LogP contribution in [0.1, 0.15) is 18.2 Å². The zero-order valence-corrected chi connectivity index (χ0v) is 15.5. The van der Waals surface area contributed by atoms with Gasteiger partial charge in [0.25, 0.3) is 5.56 Å². The molecule has 5 atom stereocenters. The SMILES string of the molecule is COC(=O)P(=O)(OC)C(O)[C@H]1O[C@@H](n2cc(C)c(=O)[nH]c2=O)C[C@@H]1N=[N+]=[N-]. The summed E-state index contributed by atoms with van der Waals surface area (Å²) in [5, 5.41) is 13.9. The summed E-state index contributed by atoms with van der Waals surface area (Å²) in [5.41, 5.74) is 6.32. The molecule has 1 aromatic rings. The third-order valence-corrected chi connectivity index (χ3v) is 6.36. The van der Waals surface area contributed by atoms with Crippen LogP contribution >= 0.6 is 7.37 Å². The molecule has 2 unspecified atom stereocenters. The maximum absolute atomic E-state index is 12.7. The molecule has 1 saturated heterocycles. The first kappa shape index (κ1) is 20.9. The Kier molecular flexibility index (Phi) is 6.24. The fraction of sp³-hybridized carbons (Fsp3) is 0.615. The first-order chi connectivity index (χ1) is 12.7. The van der Waals surface area contributed by atoms with Crippen LogP contribution in [0.4, 0.5) is 4.79 Å². The maximum atomic E-state index is 12.7. The van der Waals surface area contributed by atoms with Crippen molar-refractivity contribution < 1.29 is 28.5 Å². The van der Waals surface area contributed by atoms with Crippen molar-refractivity contribution in [1.29, 1.82) is 0 Å². The minimum atomic E-state index is -4.40. The largest absolute Gasteiger partial charge is 0.462 e. The van der Waals surface area contributed by atoms with Crippen LogP contribution in [0.3, 0.4) is 0 Å². The van der Waals surface area contributed by atoms with Crippen LogP contribution in [-0.2, 0) is 18.6 Å². The van der Waals surface area contributed by atoms with E-state index in [9.17, 15) is 24.1 Å². The smallest absolute Gasteiger partial charge is 0.393 e. The van der Waals surface area contributed by atoms with Gasteiger partial charge in [-0.3, -0.25) is 18.9 Å². The van der Waals surface area contributed by atoms with Gasteiger partial charge in [-0.25, -0.2) is 9.59 Å². The molecule has 0 amide bonds. The molecule has 27 heavy (non-hydrogen) atoms. The molecule has 1 fully saturated rings. The average Bonchev–Trinajstić information content (AvgIpc) is 3.06. The van der Waals surface area contributed by atoms with Gasteiger partial charge in [0.05, 0.1) is 13.2 Å². The van der Waals surface area contributed by atoms with E-state index in [0.29, 0.717) is 0 Å². The predicted molar refractivity (Wildman–Crippen MR) is 90.5 cm³/mol. The number of rotatable bonds is 6. The fourth-order valence-corrected chi connectivity index (χ4v) is 4.20. The molecule has 2 heterocycles. The van der Waals surface area contributed by atoms with E-state index >= 15 is 0 Å². The Balaban J connectivity index is 2.43. The van der Waals surface area contributed by atoms with E-state index in [1.54, 1.807) is 0 Å². The minimum absolute atomic E-state index is 0.0813. The Labute approximate surface area is 151 Å². The van der Waals surface area contributed by atoms with Crippen molar-refractivity contribution in [3.05, 3.63) is 43.0 Å². The number of aliphatic hydroxyl groups is 1. The summed E-state index contributed by atoms with van der Waals surface area (Å²) in [6, 6.07) is -1.07. The number of carbonyl (C=O) groups is 1. The summed E-state index contributed by atoms with van der Waals surface area (Å²) in [5.74, 6) is -2.00. The first-order valence-corrected chi connectivity index (χ1v) is 9.32. The van der Waals surface area contributed by atoms with Crippen molar-refractivity contribution >= 4 is 13.1 Å². The topological polar surface area (TPSA) is 186 Å². The molecule has 2 N–H and O–H groups in total. The zero-order chi connectivity index (χ0) is 20.4. The van der Waals surface area contributed by atoms with Crippen LogP contribution in [0.2, 0.25) is 0 Å². The number of methoxy groups -OCH3 is 1. The first-order valence-electron chi connectivity index (χ1n) is 7.63. The van der Waals surface area contributed by atoms with Crippen LogP contribution in [0.15, 0.2) is 20.9 Å². The third-order valence-electron chi connectivity index (χ3n) is 4.14. The number of carbonyl (C=O) groups excluding carboxylic acids is 1. The molecule has 0 radical (unpaired) electrons. The summed E-state index contributed by atoms with van der Waals surface area (Å²) in [7, 11) is -2.48. The van der Waals surface area contributed by atoms with Crippen LogP contribution in [0.5, 0.6) is 0 Å². The van der Waals surface area contributed by atoms with Gasteiger partial charge >= 0.3 is 18.8 Å². The molecule has 148 valence electrons. The van der Waals surface area contributed by atoms with Gasteiger partial charge in [0, 0.05) is 30.2 Å². The van der Waals surface area contributed by atoms with Crippen molar-refractivity contribution in [2.75, 3.05) is 14.2 Å². The Bertz CT molecular complexity index is 935. The lowest BCUT2D eigenvalue weighted by Gasteiger charge is -2.26. The zero-order valence-electron chi connectivity index (χ0n) is 14.6. The van der Waals surface area contributed by atoms with E-state index in [-0.39, 0.29) is 12.0 Å². The Hall–Kier alpha value is -2.43. The van der Waals surface area contributed by atoms with Gasteiger partial charge in [0.2, 0.25) is 0 Å². The third kappa shape index (κ3) is 3.82. The average molecular weight is 403 g/mol. The second-order valence-corrected chi connectivity index (χ2v) is 8.16. The van der Waals surface area contributed by atoms with Gasteiger partial charge in [-0.15, -0.1) is 0 Å². The van der Waals surface area contributed by atoms with E-state index in [4.69, 9.17) is 14.8 Å². The summed E-state index contributed by atoms with van der Waals surface area (Å²) in [6.45, 7) is 1.47. The number of azide groups is 1. The molecule has 13 nitrogen and oxygen atoms in total. The number of H-pyrrole nitrogens is 1. The van der Waals surface area contributed by atoms with Gasteiger partial charge in [-0.05, 0) is 12.5 Å². The molecular formula is C13H18N5O8P. The van der Waals surface area contributed by atoms with E-state index < -0.39 is 48.5 Å². The standard InChI is InChI=1S/C13H18N5O8P/c1-6-5-18(12(21)15-10(6)19)8-4-7(16-17-14)9(26-8)11(20)27(23,25-3)13(22)24-2/h5,7-9,11,20H,4H2,1-3H3,(H,15,19,21)/t7-,8+,9-,11?,27?/m0/s1. The van der Waals surface area contributed by atoms with E-state index in [0.717, 1.165) is 18.8 Å². The summed E-state index contributed by atoms with van der Waals surface area (Å²) >= 11 is 0. The molecule has 0 spiro atoms. The molecule has 14 heteroatoms. The van der Waals surface area contributed by atoms with Crippen molar-refractivity contribution in [2.24, 2.45) is 5.11 Å². The number of nitrogens with zero attached hydrogens (tertiary/aromatic N) is 4. The van der Waals surface area contributed by atoms with Crippen molar-refractivity contribution in [2.45, 2.75) is 37.6 Å². The second kappa shape index (κ2) is 8.07. The molecule has 1 aromatic heterocycles. The van der Waals surface area contributed by atoms with Gasteiger partial charge in [-0.2, -0.15) is 0 Å². The monoisotopic (exact) mass is 403 g/mol. The molecule has 0 bridgehead atoms. The van der Waals surface area contributed by atoms with Crippen molar-refractivity contribution in [3.8, 4) is 0 Å². The highest BCUT2D eigenvalue weighted by atomic mass is 31.2. The number of nitrogens with one attached hydrogen (secondary N) is 1. The van der Waals surface area contributed by atoms with E-state index in [1.165, 1.54) is 13.1 Å². The molecule has 2 rings (SSSR count). The predicted octanol–water partition coefficient (Wildman–Crippen LogP) is 0.821. The molecule has 0 saturated carbocycles. The number of aromatic nitrogens is 2. The van der Waals surface area contributed by atoms with Gasteiger partial charge in [0.1, 0.15) is 12.3 Å². The molecule has 1 aliphatic rings. The fourth-order valence-electron chi connectivity index (χ4n) is 2.71. The summed E-state index contributed by atoms with van der Waals surface area (Å²) in [6.07, 6.45) is -1.31. The quantitative estimate of drug-likeness (QED) is 0.302. The minimum Gasteiger partial charge on any atom is -0.462 e. The lowest BCUT2D eigenvalue weighted by Crippen LogP contribution is -2.36. The van der Waals surface area contributed by atoms with Crippen molar-refractivity contribution in [3.63, 3.8) is 0 Å². The number of aryl methyl sites for hydroxylation is 1. The van der Waals surface area contributed by atoms with Crippen LogP contribution in [-0.4, -0.2) is 52.6 Å². The number of hydrogen-bond donors (Lipinski definition) is 2. The van der Waals surface area contributed by atoms with E-state index in [2.05, 4.69) is 19.7 Å². The van der Waals surface area contributed by atoms with Crippen molar-refractivity contribution in [1.82, 2.24) is 9.55 Å². The molecule has 1 aliphatic heterocycles. The van der Waals surface area contributed by atoms with Crippen LogP contribution in [0.25, 0.3) is 10.4 Å². The lowest BCUT2D eigenvalue weighted by molar-refractivity contribution is -0.0427. The Morgan fingerprint density at radius 3 is 2.78 bits per heavy atom. The van der Waals surface area contributed by atoms with Gasteiger partial charge < -0.3 is 19.1 Å². The Morgan fingerprint density at radius 1 is 1.56 bits per heavy atom. The van der Waals surface area contributed by atoms with Crippen LogP contribution < -0.4 is 11.2 Å². The maximum Gasteiger partial charge on any atom is 0.393 e.